The Bertz CT molecular complexity index is 553. The normalized spacial score (nSPS) is 25.4. The van der Waals surface area contributed by atoms with Crippen LogP contribution in [0, 0.1) is 11.8 Å². The average molecular weight is 298 g/mol. The second-order valence-corrected chi connectivity index (χ2v) is 6.77. The van der Waals surface area contributed by atoms with Crippen molar-refractivity contribution in [3.05, 3.63) is 35.4 Å². The zero-order chi connectivity index (χ0) is 15.4. The molecule has 1 unspecified atom stereocenters. The molecule has 118 valence electrons. The lowest BCUT2D eigenvalue weighted by atomic mass is 9.71. The Morgan fingerprint density at radius 3 is 2.68 bits per heavy atom. The van der Waals surface area contributed by atoms with Crippen LogP contribution in [0.15, 0.2) is 29.8 Å². The van der Waals surface area contributed by atoms with Gasteiger partial charge in [-0.2, -0.15) is 0 Å². The fraction of sp³-hybridized carbons (Fsp3) is 0.550. The molecule has 2 heteroatoms. The minimum atomic E-state index is 0.342. The largest absolute Gasteiger partial charge is 0.497 e. The molecule has 0 amide bonds. The Morgan fingerprint density at radius 2 is 1.91 bits per heavy atom. The molecule has 2 aliphatic carbocycles. The molecule has 2 fully saturated rings. The quantitative estimate of drug-likeness (QED) is 0.732. The number of ether oxygens (including phenoxy) is 1. The van der Waals surface area contributed by atoms with Crippen LogP contribution in [-0.2, 0) is 4.79 Å². The first-order valence-corrected chi connectivity index (χ1v) is 8.64. The van der Waals surface area contributed by atoms with Gasteiger partial charge in [-0.1, -0.05) is 44.2 Å². The van der Waals surface area contributed by atoms with Gasteiger partial charge in [0.1, 0.15) is 5.75 Å². The molecule has 0 heterocycles. The van der Waals surface area contributed by atoms with Crippen LogP contribution in [0.1, 0.15) is 56.9 Å². The molecule has 0 aromatic heterocycles. The van der Waals surface area contributed by atoms with Gasteiger partial charge in [0.15, 0.2) is 5.78 Å². The Hall–Kier alpha value is -1.57. The fourth-order valence-electron chi connectivity index (χ4n) is 4.06. The molecule has 1 atom stereocenters. The zero-order valence-electron chi connectivity index (χ0n) is 13.5. The number of ketones is 1. The second kappa shape index (κ2) is 7.13. The molecule has 0 spiro atoms. The van der Waals surface area contributed by atoms with Crippen LogP contribution < -0.4 is 4.74 Å². The molecule has 2 nitrogen and oxygen atoms in total. The zero-order valence-corrected chi connectivity index (χ0v) is 13.5. The maximum absolute atomic E-state index is 12.3. The number of allylic oxidation sites excluding steroid dienone is 1. The summed E-state index contributed by atoms with van der Waals surface area (Å²) in [4.78, 5) is 12.3. The van der Waals surface area contributed by atoms with E-state index in [1.807, 2.05) is 24.3 Å². The van der Waals surface area contributed by atoms with Crippen molar-refractivity contribution >= 4 is 11.9 Å². The van der Waals surface area contributed by atoms with Crippen molar-refractivity contribution in [3.8, 4) is 5.75 Å². The number of hydrogen-bond donors (Lipinski definition) is 0. The third-order valence-corrected chi connectivity index (χ3v) is 5.33. The molecule has 1 aromatic rings. The van der Waals surface area contributed by atoms with Crippen LogP contribution in [-0.4, -0.2) is 12.9 Å². The highest BCUT2D eigenvalue weighted by atomic mass is 16.5. The van der Waals surface area contributed by atoms with E-state index in [-0.39, 0.29) is 0 Å². The molecule has 3 rings (SSSR count). The third kappa shape index (κ3) is 3.60. The Labute approximate surface area is 133 Å². The van der Waals surface area contributed by atoms with Crippen LogP contribution in [0.5, 0.6) is 5.75 Å². The number of benzene rings is 1. The second-order valence-electron chi connectivity index (χ2n) is 6.77. The fourth-order valence-corrected chi connectivity index (χ4v) is 4.06. The van der Waals surface area contributed by atoms with E-state index in [2.05, 4.69) is 6.08 Å². The summed E-state index contributed by atoms with van der Waals surface area (Å²) >= 11 is 0. The van der Waals surface area contributed by atoms with Gasteiger partial charge in [0.25, 0.3) is 0 Å². The monoisotopic (exact) mass is 298 g/mol. The molecule has 22 heavy (non-hydrogen) atoms. The molecule has 0 radical (unpaired) electrons. The average Bonchev–Trinajstić information content (AvgIpc) is 2.58. The lowest BCUT2D eigenvalue weighted by molar-refractivity contribution is -0.117. The molecule has 0 N–H and O–H groups in total. The van der Waals surface area contributed by atoms with E-state index < -0.39 is 0 Å². The molecular formula is C20H26O2. The van der Waals surface area contributed by atoms with E-state index in [0.29, 0.717) is 5.78 Å². The van der Waals surface area contributed by atoms with E-state index in [1.54, 1.807) is 7.11 Å². The topological polar surface area (TPSA) is 26.3 Å². The van der Waals surface area contributed by atoms with Crippen LogP contribution in [0.25, 0.3) is 6.08 Å². The van der Waals surface area contributed by atoms with Crippen molar-refractivity contribution in [3.63, 3.8) is 0 Å². The highest BCUT2D eigenvalue weighted by molar-refractivity contribution is 6.00. The molecule has 2 aliphatic rings. The maximum atomic E-state index is 12.3. The Morgan fingerprint density at radius 1 is 1.09 bits per heavy atom. The highest BCUT2D eigenvalue weighted by Gasteiger charge is 2.30. The number of carbonyl (C=O) groups is 1. The summed E-state index contributed by atoms with van der Waals surface area (Å²) < 4.78 is 5.27. The minimum Gasteiger partial charge on any atom is -0.497 e. The van der Waals surface area contributed by atoms with Gasteiger partial charge in [0, 0.05) is 6.42 Å². The van der Waals surface area contributed by atoms with Crippen LogP contribution in [0.2, 0.25) is 0 Å². The van der Waals surface area contributed by atoms with Crippen LogP contribution in [0.4, 0.5) is 0 Å². The van der Waals surface area contributed by atoms with E-state index >= 15 is 0 Å². The number of hydrogen-bond acceptors (Lipinski definition) is 2. The van der Waals surface area contributed by atoms with Gasteiger partial charge in [-0.15, -0.1) is 0 Å². The standard InChI is InChI=1S/C20H26O2/c1-22-19-9-5-6-15(13-19)12-18-14-17(10-11-20(18)21)16-7-3-2-4-8-16/h5-6,9,12-13,16-17H,2-4,7-8,10-11,14H2,1H3. The van der Waals surface area contributed by atoms with Crippen LogP contribution >= 0.6 is 0 Å². The van der Waals surface area contributed by atoms with E-state index in [4.69, 9.17) is 4.74 Å². The number of Topliss-reactive ketones (excluding diaryl/α,β-unsaturated/α-hetero) is 1. The smallest absolute Gasteiger partial charge is 0.158 e. The summed E-state index contributed by atoms with van der Waals surface area (Å²) in [7, 11) is 1.68. The van der Waals surface area contributed by atoms with E-state index in [1.165, 1.54) is 32.1 Å². The van der Waals surface area contributed by atoms with Crippen LogP contribution in [0.3, 0.4) is 0 Å². The Balaban J connectivity index is 1.75. The van der Waals surface area contributed by atoms with Gasteiger partial charge in [0.2, 0.25) is 0 Å². The van der Waals surface area contributed by atoms with Crippen molar-refractivity contribution in [2.45, 2.75) is 51.4 Å². The predicted molar refractivity (Wildman–Crippen MR) is 89.9 cm³/mol. The molecule has 0 saturated heterocycles. The lowest BCUT2D eigenvalue weighted by Crippen LogP contribution is -2.25. The SMILES string of the molecule is COc1cccc(C=C2CC(C3CCCCC3)CCC2=O)c1. The summed E-state index contributed by atoms with van der Waals surface area (Å²) in [6.45, 7) is 0. The van der Waals surface area contributed by atoms with Gasteiger partial charge < -0.3 is 4.74 Å². The van der Waals surface area contributed by atoms with Crippen molar-refractivity contribution in [1.82, 2.24) is 0 Å². The van der Waals surface area contributed by atoms with Gasteiger partial charge in [0.05, 0.1) is 7.11 Å². The molecular weight excluding hydrogens is 272 g/mol. The number of methoxy groups -OCH3 is 1. The molecule has 2 saturated carbocycles. The molecule has 0 aliphatic heterocycles. The first-order valence-electron chi connectivity index (χ1n) is 8.64. The summed E-state index contributed by atoms with van der Waals surface area (Å²) in [6, 6.07) is 7.98. The maximum Gasteiger partial charge on any atom is 0.158 e. The summed E-state index contributed by atoms with van der Waals surface area (Å²) in [6.07, 6.45) is 11.8. The number of carbonyl (C=O) groups excluding carboxylic acids is 1. The van der Waals surface area contributed by atoms with Gasteiger partial charge in [-0.05, 0) is 54.0 Å². The summed E-state index contributed by atoms with van der Waals surface area (Å²) in [5.41, 5.74) is 2.10. The van der Waals surface area contributed by atoms with Crippen molar-refractivity contribution in [2.24, 2.45) is 11.8 Å². The van der Waals surface area contributed by atoms with E-state index in [9.17, 15) is 4.79 Å². The third-order valence-electron chi connectivity index (χ3n) is 5.33. The van der Waals surface area contributed by atoms with E-state index in [0.717, 1.165) is 48.0 Å². The molecule has 0 bridgehead atoms. The van der Waals surface area contributed by atoms with Crippen molar-refractivity contribution < 1.29 is 9.53 Å². The molecule has 1 aromatic carbocycles. The first kappa shape index (κ1) is 15.3. The predicted octanol–water partition coefficient (Wildman–Crippen LogP) is 5.03. The van der Waals surface area contributed by atoms with Gasteiger partial charge in [-0.3, -0.25) is 4.79 Å². The Kier molecular flexibility index (Phi) is 4.97. The van der Waals surface area contributed by atoms with Crippen molar-refractivity contribution in [2.75, 3.05) is 7.11 Å². The lowest BCUT2D eigenvalue weighted by Gasteiger charge is -2.33. The highest BCUT2D eigenvalue weighted by Crippen LogP contribution is 2.39. The summed E-state index contributed by atoms with van der Waals surface area (Å²) in [5.74, 6) is 2.75. The number of rotatable bonds is 3. The minimum absolute atomic E-state index is 0.342. The van der Waals surface area contributed by atoms with Gasteiger partial charge in [-0.25, -0.2) is 0 Å². The van der Waals surface area contributed by atoms with Crippen molar-refractivity contribution in [1.29, 1.82) is 0 Å². The first-order chi connectivity index (χ1) is 10.8. The summed E-state index contributed by atoms with van der Waals surface area (Å²) in [5, 5.41) is 0. The van der Waals surface area contributed by atoms with Gasteiger partial charge >= 0.3 is 0 Å².